The summed E-state index contributed by atoms with van der Waals surface area (Å²) in [5, 5.41) is 17.4. The Morgan fingerprint density at radius 3 is 2.66 bits per heavy atom. The average molecular weight is 404 g/mol. The monoisotopic (exact) mass is 404 g/mol. The number of nitrogens with zero attached hydrogens (tertiary/aromatic N) is 2. The van der Waals surface area contributed by atoms with Crippen LogP contribution in [0.4, 0.5) is 4.39 Å². The van der Waals surface area contributed by atoms with Crippen molar-refractivity contribution in [1.82, 2.24) is 10.6 Å². The molecule has 6 N–H and O–H groups in total. The molecule has 1 heterocycles. The molecular formula is C20H29FN6O2. The van der Waals surface area contributed by atoms with Gasteiger partial charge in [-0.3, -0.25) is 15.8 Å². The van der Waals surface area contributed by atoms with Gasteiger partial charge in [0.25, 0.3) is 0 Å². The van der Waals surface area contributed by atoms with Crippen molar-refractivity contribution in [1.29, 1.82) is 0 Å². The molecule has 1 atom stereocenters. The fourth-order valence-corrected chi connectivity index (χ4v) is 4.13. The molecule has 1 aromatic rings. The molecule has 29 heavy (non-hydrogen) atoms. The molecule has 9 heteroatoms. The zero-order valence-electron chi connectivity index (χ0n) is 16.7. The molecule has 1 aromatic carbocycles. The number of benzene rings is 1. The van der Waals surface area contributed by atoms with Gasteiger partial charge in [-0.05, 0) is 80.7 Å². The van der Waals surface area contributed by atoms with E-state index >= 15 is 0 Å². The molecule has 1 unspecified atom stereocenters. The fraction of sp³-hybridized carbons (Fsp3) is 0.550. The van der Waals surface area contributed by atoms with Crippen LogP contribution in [0.3, 0.4) is 0 Å². The number of aryl methyl sites for hydroxylation is 1. The van der Waals surface area contributed by atoms with E-state index in [9.17, 15) is 14.5 Å². The number of rotatable bonds is 6. The van der Waals surface area contributed by atoms with E-state index in [1.807, 2.05) is 6.92 Å². The van der Waals surface area contributed by atoms with E-state index < -0.39 is 10.6 Å². The minimum atomic E-state index is -1.31. The maximum atomic E-state index is 13.5. The summed E-state index contributed by atoms with van der Waals surface area (Å²) >= 11 is 0. The Morgan fingerprint density at radius 1 is 1.31 bits per heavy atom. The fourth-order valence-electron chi connectivity index (χ4n) is 4.13. The molecule has 0 spiro atoms. The Labute approximate surface area is 169 Å². The molecule has 1 aliphatic carbocycles. The first-order valence-corrected chi connectivity index (χ1v) is 9.99. The summed E-state index contributed by atoms with van der Waals surface area (Å²) in [5.74, 6) is 0.825. The lowest BCUT2D eigenvalue weighted by Gasteiger charge is -2.37. The van der Waals surface area contributed by atoms with Crippen molar-refractivity contribution >= 4 is 5.96 Å². The quantitative estimate of drug-likeness (QED) is 0.424. The van der Waals surface area contributed by atoms with Gasteiger partial charge in [0.1, 0.15) is 5.82 Å². The van der Waals surface area contributed by atoms with Crippen LogP contribution in [0.15, 0.2) is 35.1 Å². The summed E-state index contributed by atoms with van der Waals surface area (Å²) in [7, 11) is 0. The molecule has 1 aliphatic heterocycles. The third-order valence-corrected chi connectivity index (χ3v) is 5.97. The number of nitro groups is 1. The average Bonchev–Trinajstić information content (AvgIpc) is 2.68. The number of guanidine groups is 1. The van der Waals surface area contributed by atoms with Crippen LogP contribution in [0.2, 0.25) is 0 Å². The first-order valence-electron chi connectivity index (χ1n) is 9.99. The van der Waals surface area contributed by atoms with Crippen molar-refractivity contribution in [3.05, 3.63) is 57.2 Å². The van der Waals surface area contributed by atoms with Crippen LogP contribution in [0.5, 0.6) is 0 Å². The highest BCUT2D eigenvalue weighted by Gasteiger charge is 2.44. The molecule has 1 fully saturated rings. The summed E-state index contributed by atoms with van der Waals surface area (Å²) in [5.41, 5.74) is 12.5. The van der Waals surface area contributed by atoms with Crippen molar-refractivity contribution in [3.63, 3.8) is 0 Å². The van der Waals surface area contributed by atoms with E-state index in [0.29, 0.717) is 24.8 Å². The van der Waals surface area contributed by atoms with Crippen molar-refractivity contribution in [2.45, 2.75) is 51.2 Å². The van der Waals surface area contributed by atoms with Gasteiger partial charge in [0, 0.05) is 0 Å². The lowest BCUT2D eigenvalue weighted by molar-refractivity contribution is -0.437. The summed E-state index contributed by atoms with van der Waals surface area (Å²) in [4.78, 5) is 15.5. The highest BCUT2D eigenvalue weighted by Crippen LogP contribution is 2.34. The molecule has 0 amide bonds. The van der Waals surface area contributed by atoms with Gasteiger partial charge >= 0.3 is 5.70 Å². The Balaban J connectivity index is 1.74. The molecular weight excluding hydrogens is 375 g/mol. The first-order chi connectivity index (χ1) is 13.8. The van der Waals surface area contributed by atoms with Crippen molar-refractivity contribution in [3.8, 4) is 0 Å². The number of nitrogens with one attached hydrogen (secondary N) is 2. The lowest BCUT2D eigenvalue weighted by atomic mass is 9.77. The standard InChI is InChI=1S/C20H29FN6O2/c1-13-2-7-17(21)8-16(13)11-24-19-25-12-18(27(28)29)20(23,26-19)9-14-3-5-15(10-22)6-4-14/h2,7-8,12,14-15H,3-6,9-11,22-23H2,1H3,(H2,24,25,26). The molecule has 3 rings (SSSR count). The lowest BCUT2D eigenvalue weighted by Crippen LogP contribution is -2.64. The number of aliphatic imine (C=N–C) groups is 1. The normalized spacial score (nSPS) is 28.4. The van der Waals surface area contributed by atoms with Crippen molar-refractivity contribution in [2.24, 2.45) is 28.3 Å². The predicted molar refractivity (Wildman–Crippen MR) is 110 cm³/mol. The Hall–Kier alpha value is -2.52. The largest absolute Gasteiger partial charge is 0.330 e. The molecule has 0 saturated heterocycles. The smallest absolute Gasteiger partial charge is 0.301 e. The van der Waals surface area contributed by atoms with Crippen LogP contribution < -0.4 is 22.1 Å². The second kappa shape index (κ2) is 8.87. The number of halogens is 1. The number of hydrogen-bond acceptors (Lipinski definition) is 5. The Bertz CT molecular complexity index is 819. The number of hydrogen-bond donors (Lipinski definition) is 4. The molecule has 1 saturated carbocycles. The van der Waals surface area contributed by atoms with Crippen LogP contribution >= 0.6 is 0 Å². The summed E-state index contributed by atoms with van der Waals surface area (Å²) in [6, 6.07) is 4.54. The molecule has 0 aromatic heterocycles. The zero-order valence-corrected chi connectivity index (χ0v) is 16.7. The van der Waals surface area contributed by atoms with Gasteiger partial charge in [-0.25, -0.2) is 9.38 Å². The molecule has 158 valence electrons. The predicted octanol–water partition coefficient (Wildman–Crippen LogP) is 2.11. The van der Waals surface area contributed by atoms with Crippen molar-refractivity contribution < 1.29 is 9.31 Å². The van der Waals surface area contributed by atoms with E-state index in [1.165, 1.54) is 18.3 Å². The Kier molecular flexibility index (Phi) is 6.49. The zero-order chi connectivity index (χ0) is 21.0. The number of nitrogens with two attached hydrogens (primary N) is 2. The summed E-state index contributed by atoms with van der Waals surface area (Å²) in [6.07, 6.45) is 5.70. The summed E-state index contributed by atoms with van der Waals surface area (Å²) < 4.78 is 13.5. The summed E-state index contributed by atoms with van der Waals surface area (Å²) in [6.45, 7) is 2.80. The van der Waals surface area contributed by atoms with Gasteiger partial charge in [-0.15, -0.1) is 0 Å². The SMILES string of the molecule is Cc1ccc(F)cc1CN=C1NC=C([N+](=O)[O-])C(N)(CC2CCC(CN)CC2)N1. The van der Waals surface area contributed by atoms with Gasteiger partial charge in [0.05, 0.1) is 17.7 Å². The third-order valence-electron chi connectivity index (χ3n) is 5.97. The molecule has 0 bridgehead atoms. The second-order valence-electron chi connectivity index (χ2n) is 8.09. The minimum Gasteiger partial charge on any atom is -0.330 e. The maximum Gasteiger partial charge on any atom is 0.301 e. The van der Waals surface area contributed by atoms with Crippen LogP contribution in [-0.2, 0) is 6.54 Å². The highest BCUT2D eigenvalue weighted by atomic mass is 19.1. The van der Waals surface area contributed by atoms with E-state index in [4.69, 9.17) is 11.5 Å². The third kappa shape index (κ3) is 5.10. The van der Waals surface area contributed by atoms with Crippen LogP contribution in [0.1, 0.15) is 43.2 Å². The van der Waals surface area contributed by atoms with Gasteiger partial charge < -0.3 is 16.4 Å². The van der Waals surface area contributed by atoms with E-state index in [2.05, 4.69) is 15.6 Å². The highest BCUT2D eigenvalue weighted by molar-refractivity contribution is 5.83. The van der Waals surface area contributed by atoms with Crippen LogP contribution in [0, 0.1) is 34.7 Å². The van der Waals surface area contributed by atoms with E-state index in [-0.39, 0.29) is 24.0 Å². The topological polar surface area (TPSA) is 132 Å². The van der Waals surface area contributed by atoms with Crippen molar-refractivity contribution in [2.75, 3.05) is 6.54 Å². The molecule has 8 nitrogen and oxygen atoms in total. The van der Waals surface area contributed by atoms with E-state index in [1.54, 1.807) is 6.07 Å². The van der Waals surface area contributed by atoms with Crippen LogP contribution in [-0.4, -0.2) is 23.1 Å². The van der Waals surface area contributed by atoms with Crippen LogP contribution in [0.25, 0.3) is 0 Å². The van der Waals surface area contributed by atoms with Gasteiger partial charge in [0.2, 0.25) is 0 Å². The Morgan fingerprint density at radius 2 is 2.00 bits per heavy atom. The van der Waals surface area contributed by atoms with Gasteiger partial charge in [0.15, 0.2) is 11.6 Å². The molecule has 2 aliphatic rings. The first kappa shape index (κ1) is 21.2. The van der Waals surface area contributed by atoms with E-state index in [0.717, 1.165) is 36.8 Å². The second-order valence-corrected chi connectivity index (χ2v) is 8.09. The minimum absolute atomic E-state index is 0.112. The maximum absolute atomic E-state index is 13.5. The van der Waals surface area contributed by atoms with Gasteiger partial charge in [-0.2, -0.15) is 0 Å². The van der Waals surface area contributed by atoms with Gasteiger partial charge in [-0.1, -0.05) is 6.07 Å². The molecule has 0 radical (unpaired) electrons.